The fourth-order valence-corrected chi connectivity index (χ4v) is 3.35. The van der Waals surface area contributed by atoms with Crippen molar-refractivity contribution < 1.29 is 14.7 Å². The lowest BCUT2D eigenvalue weighted by Gasteiger charge is -2.18. The number of rotatable bonds is 8. The number of carboxylic acids is 1. The number of imidazole rings is 1. The molecule has 28 heavy (non-hydrogen) atoms. The van der Waals surface area contributed by atoms with Gasteiger partial charge in [-0.1, -0.05) is 42.5 Å². The highest BCUT2D eigenvalue weighted by Gasteiger charge is 2.18. The molecule has 146 valence electrons. The van der Waals surface area contributed by atoms with Crippen LogP contribution in [-0.4, -0.2) is 32.2 Å². The summed E-state index contributed by atoms with van der Waals surface area (Å²) < 4.78 is 2.94. The molecule has 2 N–H and O–H groups in total. The predicted molar refractivity (Wildman–Crippen MR) is 106 cm³/mol. The fraction of sp³-hybridized carbons (Fsp3) is 0.286. The van der Waals surface area contributed by atoms with E-state index in [1.54, 1.807) is 13.1 Å². The van der Waals surface area contributed by atoms with Gasteiger partial charge in [0.05, 0.1) is 11.0 Å². The van der Waals surface area contributed by atoms with Crippen molar-refractivity contribution in [3.63, 3.8) is 0 Å². The van der Waals surface area contributed by atoms with Crippen LogP contribution >= 0.6 is 0 Å². The first-order valence-corrected chi connectivity index (χ1v) is 9.15. The molecule has 1 aromatic heterocycles. The number of carbonyl (C=O) groups is 2. The molecule has 0 aliphatic heterocycles. The summed E-state index contributed by atoms with van der Waals surface area (Å²) in [6.07, 6.45) is 0.816. The number of nitrogens with one attached hydrogen (secondary N) is 1. The van der Waals surface area contributed by atoms with Gasteiger partial charge in [-0.15, -0.1) is 0 Å². The number of aryl methyl sites for hydroxylation is 1. The number of para-hydroxylation sites is 2. The molecule has 3 aromatic rings. The monoisotopic (exact) mass is 381 g/mol. The standard InChI is InChI=1S/C21H23N3O4/c1-23-17-9-5-6-10-18(17)24(21(23)28)14-19(25)22-16(11-12-20(26)27)13-15-7-3-2-4-8-15/h2-10,16H,11-14H2,1H3,(H,22,25)(H,26,27). The van der Waals surface area contributed by atoms with Gasteiger partial charge in [-0.3, -0.25) is 18.7 Å². The molecule has 1 heterocycles. The van der Waals surface area contributed by atoms with Crippen molar-refractivity contribution in [2.75, 3.05) is 0 Å². The van der Waals surface area contributed by atoms with E-state index in [0.717, 1.165) is 11.1 Å². The number of nitrogens with zero attached hydrogens (tertiary/aromatic N) is 2. The van der Waals surface area contributed by atoms with Crippen molar-refractivity contribution >= 4 is 22.9 Å². The topological polar surface area (TPSA) is 93.3 Å². The molecular weight excluding hydrogens is 358 g/mol. The van der Waals surface area contributed by atoms with E-state index >= 15 is 0 Å². The first-order chi connectivity index (χ1) is 13.5. The van der Waals surface area contributed by atoms with Gasteiger partial charge in [-0.05, 0) is 30.5 Å². The van der Waals surface area contributed by atoms with Crippen LogP contribution in [0.3, 0.4) is 0 Å². The van der Waals surface area contributed by atoms with Gasteiger partial charge in [0, 0.05) is 19.5 Å². The zero-order valence-corrected chi connectivity index (χ0v) is 15.7. The minimum Gasteiger partial charge on any atom is -0.481 e. The zero-order valence-electron chi connectivity index (χ0n) is 15.7. The van der Waals surface area contributed by atoms with Crippen LogP contribution in [0.25, 0.3) is 11.0 Å². The molecule has 0 aliphatic rings. The van der Waals surface area contributed by atoms with Gasteiger partial charge in [0.25, 0.3) is 0 Å². The lowest BCUT2D eigenvalue weighted by atomic mass is 10.0. The summed E-state index contributed by atoms with van der Waals surface area (Å²) in [7, 11) is 1.67. The minimum atomic E-state index is -0.905. The van der Waals surface area contributed by atoms with Crippen molar-refractivity contribution in [2.24, 2.45) is 7.05 Å². The third-order valence-corrected chi connectivity index (χ3v) is 4.75. The summed E-state index contributed by atoms with van der Waals surface area (Å²) in [6, 6.07) is 16.6. The van der Waals surface area contributed by atoms with Crippen LogP contribution in [0.2, 0.25) is 0 Å². The lowest BCUT2D eigenvalue weighted by molar-refractivity contribution is -0.137. The van der Waals surface area contributed by atoms with Crippen LogP contribution in [0.5, 0.6) is 0 Å². The first kappa shape index (κ1) is 19.4. The van der Waals surface area contributed by atoms with E-state index in [1.807, 2.05) is 48.5 Å². The molecule has 0 spiro atoms. The maximum atomic E-state index is 12.6. The Labute approximate surface area is 162 Å². The molecule has 2 aromatic carbocycles. The Kier molecular flexibility index (Phi) is 5.93. The summed E-state index contributed by atoms with van der Waals surface area (Å²) in [6.45, 7) is -0.113. The third kappa shape index (κ3) is 4.49. The van der Waals surface area contributed by atoms with E-state index in [9.17, 15) is 14.4 Å². The van der Waals surface area contributed by atoms with E-state index in [1.165, 1.54) is 9.13 Å². The second-order valence-electron chi connectivity index (χ2n) is 6.80. The molecule has 1 amide bonds. The fourth-order valence-electron chi connectivity index (χ4n) is 3.35. The smallest absolute Gasteiger partial charge is 0.329 e. The molecule has 7 heteroatoms. The Morgan fingerprint density at radius 1 is 1.04 bits per heavy atom. The van der Waals surface area contributed by atoms with Crippen molar-refractivity contribution in [3.05, 3.63) is 70.6 Å². The Morgan fingerprint density at radius 2 is 1.68 bits per heavy atom. The second kappa shape index (κ2) is 8.56. The number of hydrogen-bond donors (Lipinski definition) is 2. The van der Waals surface area contributed by atoms with Gasteiger partial charge in [0.15, 0.2) is 0 Å². The number of hydrogen-bond acceptors (Lipinski definition) is 3. The van der Waals surface area contributed by atoms with Gasteiger partial charge < -0.3 is 10.4 Å². The SMILES string of the molecule is Cn1c(=O)n(CC(=O)NC(CCC(=O)O)Cc2ccccc2)c2ccccc21. The van der Waals surface area contributed by atoms with Gasteiger partial charge in [0.2, 0.25) is 5.91 Å². The number of benzene rings is 2. The Balaban J connectivity index is 1.75. The van der Waals surface area contributed by atoms with E-state index in [0.29, 0.717) is 18.4 Å². The Morgan fingerprint density at radius 3 is 2.36 bits per heavy atom. The number of amides is 1. The van der Waals surface area contributed by atoms with E-state index in [2.05, 4.69) is 5.32 Å². The molecular formula is C21H23N3O4. The number of aliphatic carboxylic acids is 1. The molecule has 3 rings (SSSR count). The average molecular weight is 381 g/mol. The summed E-state index contributed by atoms with van der Waals surface area (Å²) in [5.41, 5.74) is 2.20. The maximum absolute atomic E-state index is 12.6. The van der Waals surface area contributed by atoms with Gasteiger partial charge in [-0.25, -0.2) is 4.79 Å². The van der Waals surface area contributed by atoms with Crippen LogP contribution in [0.1, 0.15) is 18.4 Å². The Bertz CT molecular complexity index is 1040. The van der Waals surface area contributed by atoms with E-state index in [-0.39, 0.29) is 30.6 Å². The first-order valence-electron chi connectivity index (χ1n) is 9.15. The summed E-state index contributed by atoms with van der Waals surface area (Å²) >= 11 is 0. The number of fused-ring (bicyclic) bond motifs is 1. The summed E-state index contributed by atoms with van der Waals surface area (Å²) in [4.78, 5) is 36.1. The highest BCUT2D eigenvalue weighted by molar-refractivity contribution is 5.81. The third-order valence-electron chi connectivity index (χ3n) is 4.75. The number of carbonyl (C=O) groups excluding carboxylic acids is 1. The molecule has 0 bridgehead atoms. The van der Waals surface area contributed by atoms with Crippen LogP contribution in [0.4, 0.5) is 0 Å². The highest BCUT2D eigenvalue weighted by Crippen LogP contribution is 2.12. The molecule has 1 atom stereocenters. The van der Waals surface area contributed by atoms with Gasteiger partial charge >= 0.3 is 11.7 Å². The molecule has 7 nitrogen and oxygen atoms in total. The molecule has 0 aliphatic carbocycles. The summed E-state index contributed by atoms with van der Waals surface area (Å²) in [5.74, 6) is -1.22. The summed E-state index contributed by atoms with van der Waals surface area (Å²) in [5, 5.41) is 11.9. The number of carboxylic acid groups (broad SMARTS) is 1. The normalized spacial score (nSPS) is 12.0. The minimum absolute atomic E-state index is 0.0357. The molecule has 1 unspecified atom stereocenters. The highest BCUT2D eigenvalue weighted by atomic mass is 16.4. The maximum Gasteiger partial charge on any atom is 0.329 e. The second-order valence-corrected chi connectivity index (χ2v) is 6.80. The molecule has 0 saturated heterocycles. The van der Waals surface area contributed by atoms with Crippen LogP contribution in [0.15, 0.2) is 59.4 Å². The quantitative estimate of drug-likeness (QED) is 0.624. The van der Waals surface area contributed by atoms with Crippen LogP contribution < -0.4 is 11.0 Å². The van der Waals surface area contributed by atoms with Crippen molar-refractivity contribution in [1.29, 1.82) is 0 Å². The van der Waals surface area contributed by atoms with Crippen molar-refractivity contribution in [3.8, 4) is 0 Å². The zero-order chi connectivity index (χ0) is 20.1. The van der Waals surface area contributed by atoms with Crippen molar-refractivity contribution in [2.45, 2.75) is 31.8 Å². The van der Waals surface area contributed by atoms with Crippen LogP contribution in [0, 0.1) is 0 Å². The largest absolute Gasteiger partial charge is 0.481 e. The molecule has 0 fully saturated rings. The van der Waals surface area contributed by atoms with Gasteiger partial charge in [0.1, 0.15) is 6.54 Å². The van der Waals surface area contributed by atoms with E-state index < -0.39 is 5.97 Å². The molecule has 0 saturated carbocycles. The Hall–Kier alpha value is -3.35. The molecule has 0 radical (unpaired) electrons. The predicted octanol–water partition coefficient (Wildman–Crippen LogP) is 1.93. The lowest BCUT2D eigenvalue weighted by Crippen LogP contribution is -2.40. The van der Waals surface area contributed by atoms with Gasteiger partial charge in [-0.2, -0.15) is 0 Å². The number of aromatic nitrogens is 2. The average Bonchev–Trinajstić information content (AvgIpc) is 2.92. The van der Waals surface area contributed by atoms with Crippen molar-refractivity contribution in [1.82, 2.24) is 14.5 Å². The van der Waals surface area contributed by atoms with E-state index in [4.69, 9.17) is 5.11 Å². The van der Waals surface area contributed by atoms with Crippen LogP contribution in [-0.2, 0) is 29.6 Å².